The van der Waals surface area contributed by atoms with Gasteiger partial charge in [-0.25, -0.2) is 0 Å². The number of ether oxygens (including phenoxy) is 1. The van der Waals surface area contributed by atoms with Gasteiger partial charge in [-0.3, -0.25) is 4.21 Å². The quantitative estimate of drug-likeness (QED) is 0.857. The van der Waals surface area contributed by atoms with Crippen molar-refractivity contribution in [3.05, 3.63) is 23.8 Å². The van der Waals surface area contributed by atoms with Gasteiger partial charge < -0.3 is 10.5 Å². The van der Waals surface area contributed by atoms with Gasteiger partial charge in [-0.15, -0.1) is 0 Å². The first-order valence-corrected chi connectivity index (χ1v) is 7.63. The largest absolute Gasteiger partial charge is 0.398 e. The molecule has 4 heteroatoms. The summed E-state index contributed by atoms with van der Waals surface area (Å²) in [5.41, 5.74) is 7.71. The number of hydrogen-bond acceptors (Lipinski definition) is 3. The van der Waals surface area contributed by atoms with Crippen molar-refractivity contribution >= 4 is 16.5 Å². The van der Waals surface area contributed by atoms with Crippen LogP contribution < -0.4 is 5.73 Å². The number of methoxy groups -OCH3 is 1. The number of aryl methyl sites for hydroxylation is 1. The van der Waals surface area contributed by atoms with Gasteiger partial charge in [0, 0.05) is 12.4 Å². The molecule has 1 fully saturated rings. The molecule has 0 spiro atoms. The maximum Gasteiger partial charge on any atom is 0.0622 e. The highest BCUT2D eigenvalue weighted by Gasteiger charge is 2.28. The van der Waals surface area contributed by atoms with E-state index in [2.05, 4.69) is 0 Å². The molecule has 100 valence electrons. The van der Waals surface area contributed by atoms with Gasteiger partial charge >= 0.3 is 0 Å². The van der Waals surface area contributed by atoms with Crippen LogP contribution in [0.15, 0.2) is 23.1 Å². The molecule has 1 aromatic carbocycles. The number of para-hydroxylation sites is 1. The van der Waals surface area contributed by atoms with Gasteiger partial charge in [-0.05, 0) is 44.2 Å². The Morgan fingerprint density at radius 2 is 2.17 bits per heavy atom. The predicted molar refractivity (Wildman–Crippen MR) is 75.1 cm³/mol. The van der Waals surface area contributed by atoms with Crippen LogP contribution in [0.5, 0.6) is 0 Å². The normalized spacial score (nSPS) is 25.9. The van der Waals surface area contributed by atoms with Crippen LogP contribution in [-0.2, 0) is 15.5 Å². The van der Waals surface area contributed by atoms with Crippen LogP contribution in [0.4, 0.5) is 5.69 Å². The molecule has 1 aliphatic rings. The van der Waals surface area contributed by atoms with Gasteiger partial charge in [-0.2, -0.15) is 0 Å². The fraction of sp³-hybridized carbons (Fsp3) is 0.571. The monoisotopic (exact) mass is 267 g/mol. The Hall–Kier alpha value is -0.870. The predicted octanol–water partition coefficient (Wildman–Crippen LogP) is 2.64. The molecule has 0 saturated heterocycles. The van der Waals surface area contributed by atoms with Gasteiger partial charge in [0.25, 0.3) is 0 Å². The molecule has 1 aromatic rings. The fourth-order valence-electron chi connectivity index (χ4n) is 2.52. The number of nitrogen functional groups attached to an aromatic ring is 1. The summed E-state index contributed by atoms with van der Waals surface area (Å²) in [6.07, 6.45) is 4.28. The van der Waals surface area contributed by atoms with E-state index in [1.54, 1.807) is 7.11 Å². The molecular formula is C14H21NO2S. The van der Waals surface area contributed by atoms with Crippen molar-refractivity contribution in [3.63, 3.8) is 0 Å². The average Bonchev–Trinajstić information content (AvgIpc) is 2.41. The minimum atomic E-state index is -1.02. The van der Waals surface area contributed by atoms with E-state index in [1.807, 2.05) is 25.1 Å². The van der Waals surface area contributed by atoms with E-state index in [4.69, 9.17) is 10.5 Å². The Morgan fingerprint density at radius 3 is 2.89 bits per heavy atom. The average molecular weight is 267 g/mol. The Labute approximate surface area is 111 Å². The summed E-state index contributed by atoms with van der Waals surface area (Å²) < 4.78 is 18.0. The lowest BCUT2D eigenvalue weighted by Crippen LogP contribution is -2.29. The first kappa shape index (κ1) is 13.6. The molecule has 0 aromatic heterocycles. The highest BCUT2D eigenvalue weighted by molar-refractivity contribution is 7.85. The molecule has 1 saturated carbocycles. The second kappa shape index (κ2) is 5.85. The van der Waals surface area contributed by atoms with Gasteiger partial charge in [-0.1, -0.05) is 12.1 Å². The zero-order chi connectivity index (χ0) is 13.1. The van der Waals surface area contributed by atoms with E-state index in [1.165, 1.54) is 0 Å². The molecule has 2 rings (SSSR count). The van der Waals surface area contributed by atoms with E-state index >= 15 is 0 Å². The lowest BCUT2D eigenvalue weighted by Gasteiger charge is -2.28. The first-order chi connectivity index (χ1) is 8.63. The molecule has 0 aliphatic heterocycles. The zero-order valence-electron chi connectivity index (χ0n) is 11.0. The van der Waals surface area contributed by atoms with Crippen molar-refractivity contribution in [2.24, 2.45) is 0 Å². The molecular weight excluding hydrogens is 246 g/mol. The Balaban J connectivity index is 2.18. The Kier molecular flexibility index (Phi) is 4.40. The second-order valence-electron chi connectivity index (χ2n) is 4.93. The van der Waals surface area contributed by atoms with Crippen LogP contribution in [0.25, 0.3) is 0 Å². The van der Waals surface area contributed by atoms with Crippen molar-refractivity contribution < 1.29 is 8.95 Å². The number of hydrogen-bond donors (Lipinski definition) is 1. The molecule has 18 heavy (non-hydrogen) atoms. The third-order valence-corrected chi connectivity index (χ3v) is 5.54. The fourth-order valence-corrected chi connectivity index (χ4v) is 4.24. The summed E-state index contributed by atoms with van der Waals surface area (Å²) in [6.45, 7) is 1.95. The smallest absolute Gasteiger partial charge is 0.0622 e. The van der Waals surface area contributed by atoms with Crippen molar-refractivity contribution in [1.82, 2.24) is 0 Å². The summed E-state index contributed by atoms with van der Waals surface area (Å²) in [5, 5.41) is 0.174. The summed E-state index contributed by atoms with van der Waals surface area (Å²) >= 11 is 0. The summed E-state index contributed by atoms with van der Waals surface area (Å²) in [6, 6.07) is 5.76. The van der Waals surface area contributed by atoms with E-state index in [0.29, 0.717) is 5.69 Å². The summed E-state index contributed by atoms with van der Waals surface area (Å²) in [4.78, 5) is 0.789. The molecule has 3 atom stereocenters. The van der Waals surface area contributed by atoms with E-state index < -0.39 is 10.8 Å². The molecule has 0 amide bonds. The van der Waals surface area contributed by atoms with Crippen molar-refractivity contribution in [1.29, 1.82) is 0 Å². The van der Waals surface area contributed by atoms with Gasteiger partial charge in [0.05, 0.1) is 27.5 Å². The summed E-state index contributed by atoms with van der Waals surface area (Å²) in [5.74, 6) is 0. The van der Waals surface area contributed by atoms with Crippen LogP contribution >= 0.6 is 0 Å². The van der Waals surface area contributed by atoms with Crippen LogP contribution in [0.3, 0.4) is 0 Å². The van der Waals surface area contributed by atoms with E-state index in [-0.39, 0.29) is 11.4 Å². The van der Waals surface area contributed by atoms with Gasteiger partial charge in [0.1, 0.15) is 0 Å². The zero-order valence-corrected chi connectivity index (χ0v) is 11.8. The molecule has 0 heterocycles. The van der Waals surface area contributed by atoms with Gasteiger partial charge in [0.15, 0.2) is 0 Å². The summed E-state index contributed by atoms with van der Waals surface area (Å²) in [7, 11) is 0.714. The maximum absolute atomic E-state index is 12.6. The van der Waals surface area contributed by atoms with Crippen LogP contribution in [0, 0.1) is 6.92 Å². The minimum Gasteiger partial charge on any atom is -0.398 e. The van der Waals surface area contributed by atoms with Crippen LogP contribution in [0.2, 0.25) is 0 Å². The Morgan fingerprint density at radius 1 is 1.39 bits per heavy atom. The van der Waals surface area contributed by atoms with Crippen molar-refractivity contribution in [3.8, 4) is 0 Å². The van der Waals surface area contributed by atoms with Crippen LogP contribution in [0.1, 0.15) is 31.2 Å². The highest BCUT2D eigenvalue weighted by atomic mass is 32.2. The first-order valence-electron chi connectivity index (χ1n) is 6.42. The second-order valence-corrected chi connectivity index (χ2v) is 6.63. The minimum absolute atomic E-state index is 0.174. The molecule has 0 bridgehead atoms. The number of anilines is 1. The number of rotatable bonds is 3. The molecule has 2 N–H and O–H groups in total. The van der Waals surface area contributed by atoms with Gasteiger partial charge in [0.2, 0.25) is 0 Å². The highest BCUT2D eigenvalue weighted by Crippen LogP contribution is 2.30. The number of nitrogens with two attached hydrogens (primary N) is 1. The van der Waals surface area contributed by atoms with Crippen molar-refractivity contribution in [2.75, 3.05) is 12.8 Å². The maximum atomic E-state index is 12.6. The van der Waals surface area contributed by atoms with Crippen LogP contribution in [-0.4, -0.2) is 22.7 Å². The molecule has 3 nitrogen and oxygen atoms in total. The SMILES string of the molecule is COC1CCCC(S(=O)c2cccc(C)c2N)C1. The topological polar surface area (TPSA) is 52.3 Å². The lowest BCUT2D eigenvalue weighted by molar-refractivity contribution is 0.0725. The lowest BCUT2D eigenvalue weighted by atomic mass is 9.97. The standard InChI is InChI=1S/C14H21NO2S/c1-10-5-3-8-13(14(10)15)18(16)12-7-4-6-11(9-12)17-2/h3,5,8,11-12H,4,6-7,9,15H2,1-2H3. The van der Waals surface area contributed by atoms with E-state index in [0.717, 1.165) is 36.1 Å². The number of benzene rings is 1. The third-order valence-electron chi connectivity index (χ3n) is 3.71. The molecule has 3 unspecified atom stereocenters. The molecule has 1 aliphatic carbocycles. The Bertz CT molecular complexity index is 447. The van der Waals surface area contributed by atoms with Crippen molar-refractivity contribution in [2.45, 2.75) is 48.9 Å². The van der Waals surface area contributed by atoms with E-state index in [9.17, 15) is 4.21 Å². The third kappa shape index (κ3) is 2.75. The molecule has 0 radical (unpaired) electrons.